The van der Waals surface area contributed by atoms with Crippen LogP contribution in [0.15, 0.2) is 145 Å². The zero-order valence-electron chi connectivity index (χ0n) is 24.8. The second kappa shape index (κ2) is 19.9. The summed E-state index contributed by atoms with van der Waals surface area (Å²) in [6.07, 6.45) is 17.7. The normalized spacial score (nSPS) is 12.2. The van der Waals surface area contributed by atoms with Crippen LogP contribution in [0.5, 0.6) is 0 Å². The van der Waals surface area contributed by atoms with Crippen molar-refractivity contribution in [3.63, 3.8) is 0 Å². The van der Waals surface area contributed by atoms with Gasteiger partial charge in [0.05, 0.1) is 18.2 Å². The second-order valence-electron chi connectivity index (χ2n) is 9.80. The summed E-state index contributed by atoms with van der Waals surface area (Å²) < 4.78 is 0. The summed E-state index contributed by atoms with van der Waals surface area (Å²) in [6.45, 7) is 3.56. The quantitative estimate of drug-likeness (QED) is 0.117. The molecule has 0 heterocycles. The van der Waals surface area contributed by atoms with E-state index in [1.54, 1.807) is 30.4 Å². The van der Waals surface area contributed by atoms with Crippen LogP contribution >= 0.6 is 0 Å². The number of allylic oxidation sites excluding steroid dienone is 9. The van der Waals surface area contributed by atoms with E-state index in [1.807, 2.05) is 36.4 Å². The molecule has 0 amide bonds. The number of nitrogens with two attached hydrogens (primary N) is 3. The molecule has 0 saturated carbocycles. The maximum atomic E-state index is 9.20. The van der Waals surface area contributed by atoms with Gasteiger partial charge < -0.3 is 17.2 Å². The third-order valence-corrected chi connectivity index (χ3v) is 6.50. The van der Waals surface area contributed by atoms with Gasteiger partial charge in [0, 0.05) is 42.0 Å². The number of nitrogens with zero attached hydrogens (tertiary/aromatic N) is 3. The van der Waals surface area contributed by atoms with Crippen molar-refractivity contribution in [2.24, 2.45) is 11.5 Å². The maximum Gasteiger partial charge on any atom is 0.0950 e. The van der Waals surface area contributed by atoms with E-state index in [0.29, 0.717) is 30.4 Å². The highest BCUT2D eigenvalue weighted by atomic mass is 14.5. The molecule has 0 aromatic heterocycles. The van der Waals surface area contributed by atoms with Crippen LogP contribution in [0, 0.1) is 34.0 Å². The molecule has 0 bridgehead atoms. The first-order chi connectivity index (χ1) is 21.5. The van der Waals surface area contributed by atoms with E-state index < -0.39 is 0 Å². The minimum Gasteiger partial charge on any atom is -0.405 e. The van der Waals surface area contributed by atoms with Crippen LogP contribution in [0.3, 0.4) is 0 Å². The van der Waals surface area contributed by atoms with Crippen molar-refractivity contribution in [3.8, 4) is 18.2 Å². The van der Waals surface area contributed by atoms with Crippen LogP contribution in [0.25, 0.3) is 0 Å². The molecule has 6 N–H and O–H groups in total. The summed E-state index contributed by atoms with van der Waals surface area (Å²) in [6, 6.07) is 30.7. The first kappa shape index (κ1) is 34.2. The van der Waals surface area contributed by atoms with E-state index in [4.69, 9.17) is 27.7 Å². The van der Waals surface area contributed by atoms with Crippen LogP contribution in [-0.2, 0) is 19.3 Å². The SMILES string of the molecule is C=C/C=C(/C#N)Cc1ccc(N)cc1.N#CCC(/C=C\C=C/N)c1ccc(Cc2ccc(C/C(C#N)=C\C=C/N)cc2)cc1. The highest BCUT2D eigenvalue weighted by Gasteiger charge is 2.08. The molecular weight excluding hydrogens is 540 g/mol. The van der Waals surface area contributed by atoms with Crippen LogP contribution in [0.4, 0.5) is 5.69 Å². The van der Waals surface area contributed by atoms with E-state index in [0.717, 1.165) is 28.8 Å². The fourth-order valence-corrected chi connectivity index (χ4v) is 4.21. The monoisotopic (exact) mass is 578 g/mol. The number of nitrogen functional groups attached to an aromatic ring is 1. The first-order valence-corrected chi connectivity index (χ1v) is 14.1. The summed E-state index contributed by atoms with van der Waals surface area (Å²) in [5.41, 5.74) is 24.0. The summed E-state index contributed by atoms with van der Waals surface area (Å²) >= 11 is 0. The number of benzene rings is 3. The zero-order chi connectivity index (χ0) is 32.0. The molecule has 0 radical (unpaired) electrons. The van der Waals surface area contributed by atoms with Gasteiger partial charge in [-0.2, -0.15) is 15.8 Å². The Kier molecular flexibility index (Phi) is 15.5. The van der Waals surface area contributed by atoms with Crippen LogP contribution in [0.1, 0.15) is 40.2 Å². The molecule has 220 valence electrons. The smallest absolute Gasteiger partial charge is 0.0950 e. The number of hydrogen-bond acceptors (Lipinski definition) is 6. The van der Waals surface area contributed by atoms with Crippen molar-refractivity contribution in [3.05, 3.63) is 173 Å². The van der Waals surface area contributed by atoms with Gasteiger partial charge in [0.1, 0.15) is 0 Å². The van der Waals surface area contributed by atoms with Crippen LogP contribution in [0.2, 0.25) is 0 Å². The van der Waals surface area contributed by atoms with E-state index in [9.17, 15) is 5.26 Å². The number of rotatable bonds is 12. The lowest BCUT2D eigenvalue weighted by Gasteiger charge is -2.10. The van der Waals surface area contributed by atoms with Gasteiger partial charge in [-0.05, 0) is 83.1 Å². The average Bonchev–Trinajstić information content (AvgIpc) is 3.05. The van der Waals surface area contributed by atoms with Crippen LogP contribution in [-0.4, -0.2) is 0 Å². The van der Waals surface area contributed by atoms with Gasteiger partial charge in [0.15, 0.2) is 0 Å². The minimum absolute atomic E-state index is 0.0519. The van der Waals surface area contributed by atoms with E-state index in [-0.39, 0.29) is 5.92 Å². The summed E-state index contributed by atoms with van der Waals surface area (Å²) in [5.74, 6) is 0.0519. The molecule has 0 aliphatic carbocycles. The van der Waals surface area contributed by atoms with Gasteiger partial charge in [0.2, 0.25) is 0 Å². The Labute approximate surface area is 261 Å². The number of anilines is 1. The molecular formula is C38H38N6. The molecule has 0 aliphatic rings. The molecule has 0 saturated heterocycles. The van der Waals surface area contributed by atoms with Crippen molar-refractivity contribution < 1.29 is 0 Å². The fourth-order valence-electron chi connectivity index (χ4n) is 4.21. The highest BCUT2D eigenvalue weighted by Crippen LogP contribution is 2.22. The first-order valence-electron chi connectivity index (χ1n) is 14.1. The third-order valence-electron chi connectivity index (χ3n) is 6.50. The van der Waals surface area contributed by atoms with Gasteiger partial charge in [-0.3, -0.25) is 0 Å². The summed E-state index contributed by atoms with van der Waals surface area (Å²) in [7, 11) is 0. The van der Waals surface area contributed by atoms with Crippen LogP contribution < -0.4 is 17.2 Å². The molecule has 3 aromatic carbocycles. The number of hydrogen-bond donors (Lipinski definition) is 3. The number of nitriles is 3. The minimum atomic E-state index is 0.0519. The molecule has 1 unspecified atom stereocenters. The molecule has 6 nitrogen and oxygen atoms in total. The Morgan fingerprint density at radius 2 is 1.18 bits per heavy atom. The Bertz CT molecular complexity index is 1600. The molecule has 1 atom stereocenters. The Morgan fingerprint density at radius 1 is 0.682 bits per heavy atom. The van der Waals surface area contributed by atoms with E-state index >= 15 is 0 Å². The third kappa shape index (κ3) is 12.6. The topological polar surface area (TPSA) is 149 Å². The Hall–Kier alpha value is -6.03. The molecule has 3 rings (SSSR count). The molecule has 3 aromatic rings. The summed E-state index contributed by atoms with van der Waals surface area (Å²) in [5, 5.41) is 27.1. The lowest BCUT2D eigenvalue weighted by Crippen LogP contribution is -1.96. The fraction of sp³-hybridized carbons (Fsp3) is 0.132. The average molecular weight is 579 g/mol. The van der Waals surface area contributed by atoms with Gasteiger partial charge >= 0.3 is 0 Å². The van der Waals surface area contributed by atoms with Crippen molar-refractivity contribution in [1.29, 1.82) is 15.8 Å². The lowest BCUT2D eigenvalue weighted by molar-refractivity contribution is 0.871. The predicted molar refractivity (Wildman–Crippen MR) is 180 cm³/mol. The molecule has 6 heteroatoms. The largest absolute Gasteiger partial charge is 0.405 e. The Balaban J connectivity index is 0.000000402. The molecule has 0 fully saturated rings. The van der Waals surface area contributed by atoms with Crippen molar-refractivity contribution in [2.75, 3.05) is 5.73 Å². The zero-order valence-corrected chi connectivity index (χ0v) is 24.8. The van der Waals surface area contributed by atoms with Crippen molar-refractivity contribution in [2.45, 2.75) is 31.6 Å². The standard InChI is InChI=1S/C26H26N4.C12H12N2/c27-15-2-1-5-25(14-17-29)26-12-10-23(11-13-26)18-21-6-8-22(9-7-21)19-24(20-30)4-3-16-28;1-2-3-11(9-13)8-10-4-6-12(14)7-5-10/h1-13,15-16,25H,14,18-19,27-28H2;2-7H,1,8,14H2/b5-1-,15-2-,16-3-,24-4+;11-3+. The van der Waals surface area contributed by atoms with Gasteiger partial charge in [-0.25, -0.2) is 0 Å². The second-order valence-corrected chi connectivity index (χ2v) is 9.80. The van der Waals surface area contributed by atoms with Gasteiger partial charge in [0.25, 0.3) is 0 Å². The van der Waals surface area contributed by atoms with E-state index in [2.05, 4.69) is 73.3 Å². The lowest BCUT2D eigenvalue weighted by atomic mass is 9.93. The van der Waals surface area contributed by atoms with E-state index in [1.165, 1.54) is 23.5 Å². The molecule has 0 aliphatic heterocycles. The predicted octanol–water partition coefficient (Wildman–Crippen LogP) is 7.22. The Morgan fingerprint density at radius 3 is 1.68 bits per heavy atom. The highest BCUT2D eigenvalue weighted by molar-refractivity contribution is 5.42. The molecule has 0 spiro atoms. The van der Waals surface area contributed by atoms with Gasteiger partial charge in [-0.1, -0.05) is 85.5 Å². The maximum absolute atomic E-state index is 9.20. The summed E-state index contributed by atoms with van der Waals surface area (Å²) in [4.78, 5) is 0. The van der Waals surface area contributed by atoms with Crippen molar-refractivity contribution >= 4 is 5.69 Å². The van der Waals surface area contributed by atoms with Crippen molar-refractivity contribution in [1.82, 2.24) is 0 Å². The molecule has 44 heavy (non-hydrogen) atoms. The van der Waals surface area contributed by atoms with Gasteiger partial charge in [-0.15, -0.1) is 0 Å².